The van der Waals surface area contributed by atoms with Gasteiger partial charge in [0.25, 0.3) is 10.0 Å². The first-order chi connectivity index (χ1) is 18.3. The zero-order chi connectivity index (χ0) is 28.8. The molecule has 2 heterocycles. The van der Waals surface area contributed by atoms with Crippen LogP contribution in [0.1, 0.15) is 36.0 Å². The Balaban J connectivity index is 0.000000532. The van der Waals surface area contributed by atoms with Crippen molar-refractivity contribution in [3.05, 3.63) is 53.1 Å². The molecule has 14 heteroatoms. The molecule has 0 bridgehead atoms. The van der Waals surface area contributed by atoms with Gasteiger partial charge in [-0.1, -0.05) is 23.7 Å². The number of sulfonamides is 1. The quantitative estimate of drug-likeness (QED) is 0.420. The fourth-order valence-corrected chi connectivity index (χ4v) is 6.25. The van der Waals surface area contributed by atoms with Crippen LogP contribution in [-0.2, 0) is 14.8 Å². The van der Waals surface area contributed by atoms with E-state index < -0.39 is 28.1 Å². The van der Waals surface area contributed by atoms with Gasteiger partial charge in [0, 0.05) is 25.3 Å². The van der Waals surface area contributed by atoms with E-state index in [1.807, 2.05) is 0 Å². The number of rotatable bonds is 7. The number of benzene rings is 2. The highest BCUT2D eigenvalue weighted by Gasteiger charge is 2.38. The summed E-state index contributed by atoms with van der Waals surface area (Å²) in [6.07, 6.45) is -0.417. The van der Waals surface area contributed by atoms with Crippen molar-refractivity contribution in [3.63, 3.8) is 0 Å². The van der Waals surface area contributed by atoms with Crippen molar-refractivity contribution in [2.75, 3.05) is 42.3 Å². The van der Waals surface area contributed by atoms with E-state index in [0.717, 1.165) is 45.6 Å². The number of carboxylic acid groups (broad SMARTS) is 2. The van der Waals surface area contributed by atoms with Gasteiger partial charge in [-0.15, -0.1) is 0 Å². The van der Waals surface area contributed by atoms with Crippen LogP contribution in [0.2, 0.25) is 5.02 Å². The third-order valence-corrected chi connectivity index (χ3v) is 8.30. The SMILES string of the molecule is O=C(O)C(F)(F)F.O=C(O)c1cc(NS(=O)(=O)c2ccccc2Cl)ccc1N1CCCC(CN2CCCC2)C1. The van der Waals surface area contributed by atoms with Crippen molar-refractivity contribution in [2.24, 2.45) is 5.92 Å². The van der Waals surface area contributed by atoms with Gasteiger partial charge >= 0.3 is 18.1 Å². The van der Waals surface area contributed by atoms with Crippen LogP contribution < -0.4 is 9.62 Å². The molecular weight excluding hydrogens is 563 g/mol. The van der Waals surface area contributed by atoms with E-state index in [0.29, 0.717) is 11.6 Å². The van der Waals surface area contributed by atoms with Crippen molar-refractivity contribution in [1.82, 2.24) is 4.90 Å². The number of nitrogens with zero attached hydrogens (tertiary/aromatic N) is 2. The summed E-state index contributed by atoms with van der Waals surface area (Å²) in [5.74, 6) is -3.34. The summed E-state index contributed by atoms with van der Waals surface area (Å²) in [5, 5.41) is 17.1. The van der Waals surface area contributed by atoms with E-state index in [9.17, 15) is 31.5 Å². The lowest BCUT2D eigenvalue weighted by atomic mass is 9.96. The van der Waals surface area contributed by atoms with E-state index in [4.69, 9.17) is 21.5 Å². The fraction of sp³-hybridized carbons (Fsp3) is 0.440. The van der Waals surface area contributed by atoms with Gasteiger partial charge < -0.3 is 20.0 Å². The normalized spacial score (nSPS) is 18.3. The van der Waals surface area contributed by atoms with Crippen molar-refractivity contribution in [3.8, 4) is 0 Å². The number of halogens is 4. The van der Waals surface area contributed by atoms with Gasteiger partial charge in [0.15, 0.2) is 0 Å². The lowest BCUT2D eigenvalue weighted by Crippen LogP contribution is -2.41. The van der Waals surface area contributed by atoms with Crippen molar-refractivity contribution in [2.45, 2.75) is 36.8 Å². The third kappa shape index (κ3) is 8.48. The second-order valence-corrected chi connectivity index (χ2v) is 11.4. The van der Waals surface area contributed by atoms with Gasteiger partial charge in [-0.25, -0.2) is 18.0 Å². The highest BCUT2D eigenvalue weighted by Crippen LogP contribution is 2.31. The number of hydrogen-bond donors (Lipinski definition) is 3. The molecular formula is C25H29ClF3N3O6S. The van der Waals surface area contributed by atoms with Gasteiger partial charge in [-0.3, -0.25) is 4.72 Å². The highest BCUT2D eigenvalue weighted by molar-refractivity contribution is 7.92. The minimum atomic E-state index is -5.08. The van der Waals surface area contributed by atoms with Crippen LogP contribution in [0.25, 0.3) is 0 Å². The van der Waals surface area contributed by atoms with Crippen molar-refractivity contribution in [1.29, 1.82) is 0 Å². The maximum Gasteiger partial charge on any atom is 0.490 e. The molecule has 2 saturated heterocycles. The Bertz CT molecular complexity index is 1290. The molecule has 9 nitrogen and oxygen atoms in total. The number of likely N-dealkylation sites (tertiary alicyclic amines) is 1. The predicted molar refractivity (Wildman–Crippen MR) is 140 cm³/mol. The number of anilines is 2. The number of hydrogen-bond acceptors (Lipinski definition) is 6. The van der Waals surface area contributed by atoms with Crippen LogP contribution in [0.4, 0.5) is 24.5 Å². The lowest BCUT2D eigenvalue weighted by Gasteiger charge is -2.36. The summed E-state index contributed by atoms with van der Waals surface area (Å²) in [7, 11) is -3.94. The number of aromatic carboxylic acids is 1. The minimum absolute atomic E-state index is 0.0524. The molecule has 2 aliphatic rings. The van der Waals surface area contributed by atoms with E-state index >= 15 is 0 Å². The molecule has 2 aromatic rings. The zero-order valence-corrected chi connectivity index (χ0v) is 22.4. The summed E-state index contributed by atoms with van der Waals surface area (Å²) in [4.78, 5) is 25.5. The summed E-state index contributed by atoms with van der Waals surface area (Å²) in [5.41, 5.74) is 0.909. The maximum atomic E-state index is 12.7. The topological polar surface area (TPSA) is 127 Å². The number of carboxylic acids is 2. The largest absolute Gasteiger partial charge is 0.490 e. The second kappa shape index (κ2) is 12.9. The summed E-state index contributed by atoms with van der Waals surface area (Å²) >= 11 is 6.03. The molecule has 3 N–H and O–H groups in total. The molecule has 0 aromatic heterocycles. The van der Waals surface area contributed by atoms with Gasteiger partial charge in [0.1, 0.15) is 4.90 Å². The third-order valence-electron chi connectivity index (χ3n) is 6.42. The molecule has 0 spiro atoms. The second-order valence-electron chi connectivity index (χ2n) is 9.34. The molecule has 4 rings (SSSR count). The van der Waals surface area contributed by atoms with Crippen LogP contribution in [0, 0.1) is 5.92 Å². The number of piperidine rings is 1. The smallest absolute Gasteiger partial charge is 0.478 e. The predicted octanol–water partition coefficient (Wildman–Crippen LogP) is 4.78. The van der Waals surface area contributed by atoms with Crippen molar-refractivity contribution < 1.29 is 41.4 Å². The summed E-state index contributed by atoms with van der Waals surface area (Å²) in [6, 6.07) is 10.8. The molecule has 1 unspecified atom stereocenters. The monoisotopic (exact) mass is 591 g/mol. The minimum Gasteiger partial charge on any atom is -0.478 e. The van der Waals surface area contributed by atoms with Crippen LogP contribution >= 0.6 is 11.6 Å². The van der Waals surface area contributed by atoms with Gasteiger partial charge in [0.2, 0.25) is 0 Å². The highest BCUT2D eigenvalue weighted by atomic mass is 35.5. The van der Waals surface area contributed by atoms with Gasteiger partial charge in [-0.2, -0.15) is 13.2 Å². The Kier molecular flexibility index (Phi) is 10.1. The van der Waals surface area contributed by atoms with Crippen LogP contribution in [0.15, 0.2) is 47.4 Å². The molecule has 0 radical (unpaired) electrons. The Morgan fingerprint density at radius 1 is 1.03 bits per heavy atom. The van der Waals surface area contributed by atoms with E-state index in [2.05, 4.69) is 14.5 Å². The Morgan fingerprint density at radius 2 is 1.67 bits per heavy atom. The number of aliphatic carboxylic acids is 1. The zero-order valence-electron chi connectivity index (χ0n) is 20.8. The average Bonchev–Trinajstić information content (AvgIpc) is 3.37. The van der Waals surface area contributed by atoms with Crippen LogP contribution in [0.3, 0.4) is 0 Å². The fourth-order valence-electron chi connectivity index (χ4n) is 4.68. The number of alkyl halides is 3. The first-order valence-corrected chi connectivity index (χ1v) is 14.1. The van der Waals surface area contributed by atoms with Crippen LogP contribution in [0.5, 0.6) is 0 Å². The molecule has 39 heavy (non-hydrogen) atoms. The Hall–Kier alpha value is -3.03. The molecule has 2 aliphatic heterocycles. The number of carbonyl (C=O) groups is 2. The molecule has 214 valence electrons. The maximum absolute atomic E-state index is 12.7. The molecule has 0 saturated carbocycles. The standard InChI is InChI=1S/C23H28ClN3O4S.C2HF3O2/c24-20-7-1-2-8-22(20)32(30,31)25-18-9-10-21(19(14-18)23(28)29)27-13-5-6-17(16-27)15-26-11-3-4-12-26;3-2(4,5)1(6)7/h1-2,7-10,14,17,25H,3-6,11-13,15-16H2,(H,28,29);(H,6,7). The summed E-state index contributed by atoms with van der Waals surface area (Å²) < 4.78 is 59.7. The van der Waals surface area contributed by atoms with E-state index in [1.165, 1.54) is 31.0 Å². The van der Waals surface area contributed by atoms with E-state index in [1.54, 1.807) is 24.3 Å². The van der Waals surface area contributed by atoms with Gasteiger partial charge in [0.05, 0.1) is 16.3 Å². The van der Waals surface area contributed by atoms with Crippen LogP contribution in [-0.4, -0.2) is 74.4 Å². The molecule has 1 atom stereocenters. The Labute approximate surface area is 229 Å². The molecule has 0 aliphatic carbocycles. The summed E-state index contributed by atoms with van der Waals surface area (Å²) in [6.45, 7) is 4.95. The lowest BCUT2D eigenvalue weighted by molar-refractivity contribution is -0.192. The Morgan fingerprint density at radius 3 is 2.26 bits per heavy atom. The molecule has 2 fully saturated rings. The molecule has 0 amide bonds. The average molecular weight is 592 g/mol. The first-order valence-electron chi connectivity index (χ1n) is 12.2. The van der Waals surface area contributed by atoms with E-state index in [-0.39, 0.29) is 21.2 Å². The molecule has 2 aromatic carbocycles. The van der Waals surface area contributed by atoms with Crippen molar-refractivity contribution >= 4 is 44.9 Å². The first kappa shape index (κ1) is 30.5. The van der Waals surface area contributed by atoms with Gasteiger partial charge in [-0.05, 0) is 75.0 Å². The number of nitrogens with one attached hydrogen (secondary N) is 1.